The second-order valence-electron chi connectivity index (χ2n) is 6.18. The van der Waals surface area contributed by atoms with Gasteiger partial charge in [-0.15, -0.1) is 0 Å². The summed E-state index contributed by atoms with van der Waals surface area (Å²) in [4.78, 5) is 14.3. The van der Waals surface area contributed by atoms with Crippen molar-refractivity contribution in [3.05, 3.63) is 46.9 Å². The second-order valence-corrected chi connectivity index (χ2v) is 6.18. The predicted molar refractivity (Wildman–Crippen MR) is 92.9 cm³/mol. The smallest absolute Gasteiger partial charge is 0.246 e. The highest BCUT2D eigenvalue weighted by molar-refractivity contribution is 6.12. The molecule has 1 aromatic rings. The lowest BCUT2D eigenvalue weighted by Gasteiger charge is -2.42. The summed E-state index contributed by atoms with van der Waals surface area (Å²) in [6.07, 6.45) is 1.46. The maximum Gasteiger partial charge on any atom is 0.246 e. The lowest BCUT2D eigenvalue weighted by molar-refractivity contribution is -0.131. The lowest BCUT2D eigenvalue weighted by Crippen LogP contribution is -2.59. The van der Waals surface area contributed by atoms with Gasteiger partial charge in [0.2, 0.25) is 5.91 Å². The van der Waals surface area contributed by atoms with Gasteiger partial charge in [-0.1, -0.05) is 26.0 Å². The Hall–Kier alpha value is -2.21. The number of nitrogens with one attached hydrogen (secondary N) is 1. The number of rotatable bonds is 4. The van der Waals surface area contributed by atoms with Gasteiger partial charge in [0.25, 0.3) is 0 Å². The van der Waals surface area contributed by atoms with Crippen LogP contribution in [0.1, 0.15) is 45.1 Å². The van der Waals surface area contributed by atoms with Crippen LogP contribution in [0.3, 0.4) is 0 Å². The topological polar surface area (TPSA) is 96.2 Å². The molecule has 1 heterocycles. The monoisotopic (exact) mass is 332 g/mol. The third-order valence-electron chi connectivity index (χ3n) is 4.65. The van der Waals surface area contributed by atoms with Crippen molar-refractivity contribution >= 4 is 11.7 Å². The van der Waals surface area contributed by atoms with Crippen molar-refractivity contribution in [3.63, 3.8) is 0 Å². The summed E-state index contributed by atoms with van der Waals surface area (Å²) in [7, 11) is 0. The molecule has 2 rings (SSSR count). The second kappa shape index (κ2) is 7.13. The molecule has 1 aliphatic heterocycles. The molecule has 0 radical (unpaired) electrons. The Morgan fingerprint density at radius 1 is 1.29 bits per heavy atom. The molecule has 2 atom stereocenters. The molecule has 5 nitrogen and oxygen atoms in total. The van der Waals surface area contributed by atoms with Crippen LogP contribution in [0.5, 0.6) is 0 Å². The van der Waals surface area contributed by atoms with E-state index in [-0.39, 0.29) is 23.6 Å². The molecule has 0 aromatic heterocycles. The molecule has 0 bridgehead atoms. The minimum Gasteiger partial charge on any atom is -0.402 e. The van der Waals surface area contributed by atoms with Crippen molar-refractivity contribution in [1.82, 2.24) is 4.90 Å². The van der Waals surface area contributed by atoms with Crippen LogP contribution in [0, 0.1) is 11.2 Å². The van der Waals surface area contributed by atoms with Crippen LogP contribution in [-0.4, -0.2) is 28.7 Å². The molecule has 1 aromatic carbocycles. The molecule has 1 amide bonds. The summed E-state index contributed by atoms with van der Waals surface area (Å²) in [6, 6.07) is 4.91. The van der Waals surface area contributed by atoms with Crippen LogP contribution in [-0.2, 0) is 4.79 Å². The molecule has 130 valence electrons. The van der Waals surface area contributed by atoms with E-state index in [1.54, 1.807) is 19.1 Å². The lowest BCUT2D eigenvalue weighted by atomic mass is 9.79. The molecule has 0 saturated carbocycles. The van der Waals surface area contributed by atoms with E-state index in [0.717, 1.165) is 12.8 Å². The van der Waals surface area contributed by atoms with Crippen molar-refractivity contribution in [2.45, 2.75) is 51.6 Å². The molecule has 6 heteroatoms. The van der Waals surface area contributed by atoms with Gasteiger partial charge < -0.3 is 11.5 Å². The van der Waals surface area contributed by atoms with E-state index in [2.05, 4.69) is 0 Å². The minimum absolute atomic E-state index is 0.0837. The predicted octanol–water partition coefficient (Wildman–Crippen LogP) is 2.48. The number of hydrogen-bond donors (Lipinski definition) is 3. The van der Waals surface area contributed by atoms with E-state index in [1.165, 1.54) is 17.0 Å². The van der Waals surface area contributed by atoms with Gasteiger partial charge in [0.05, 0.1) is 6.04 Å². The Morgan fingerprint density at radius 2 is 1.83 bits per heavy atom. The van der Waals surface area contributed by atoms with Gasteiger partial charge in [-0.25, -0.2) is 4.39 Å². The number of carbonyl (C=O) groups excluding carboxylic acids is 1. The first-order valence-corrected chi connectivity index (χ1v) is 8.22. The maximum absolute atomic E-state index is 13.2. The maximum atomic E-state index is 13.2. The summed E-state index contributed by atoms with van der Waals surface area (Å²) < 4.78 is 13.2. The average molecular weight is 332 g/mol. The fourth-order valence-electron chi connectivity index (χ4n) is 3.36. The van der Waals surface area contributed by atoms with Gasteiger partial charge in [-0.05, 0) is 37.5 Å². The van der Waals surface area contributed by atoms with E-state index in [1.807, 2.05) is 13.8 Å². The van der Waals surface area contributed by atoms with E-state index < -0.39 is 12.0 Å². The van der Waals surface area contributed by atoms with Gasteiger partial charge in [0, 0.05) is 23.2 Å². The average Bonchev–Trinajstić information content (AvgIpc) is 2.55. The number of nitrogens with zero attached hydrogens (tertiary/aromatic N) is 1. The Morgan fingerprint density at radius 3 is 2.29 bits per heavy atom. The number of carbonyl (C=O) groups is 1. The standard InChI is InChI=1S/C18H25FN4O/c1-4-13(5-2)23-17(22)14(10(3)20)15(16(21)18(23)24)11-6-8-12(19)9-7-11/h6-9,13,15-16,22H,4-5,20-21H2,1-3H3/b14-10-,22-17?. The molecule has 24 heavy (non-hydrogen) atoms. The third-order valence-corrected chi connectivity index (χ3v) is 4.65. The number of nitrogens with two attached hydrogens (primary N) is 2. The fourth-order valence-corrected chi connectivity index (χ4v) is 3.36. The summed E-state index contributed by atoms with van der Waals surface area (Å²) >= 11 is 0. The molecule has 0 spiro atoms. The number of hydrogen-bond acceptors (Lipinski definition) is 4. The van der Waals surface area contributed by atoms with Crippen LogP contribution in [0.25, 0.3) is 0 Å². The Balaban J connectivity index is 2.55. The molecule has 0 aliphatic carbocycles. The quantitative estimate of drug-likeness (QED) is 0.790. The number of piperidine rings is 1. The van der Waals surface area contributed by atoms with Gasteiger partial charge in [0.15, 0.2) is 0 Å². The van der Waals surface area contributed by atoms with Crippen molar-refractivity contribution in [2.75, 3.05) is 0 Å². The van der Waals surface area contributed by atoms with Crippen LogP contribution in [0.2, 0.25) is 0 Å². The normalized spacial score (nSPS) is 23.8. The molecule has 1 fully saturated rings. The zero-order valence-electron chi connectivity index (χ0n) is 14.3. The summed E-state index contributed by atoms with van der Waals surface area (Å²) in [5.41, 5.74) is 14.0. The van der Waals surface area contributed by atoms with Crippen molar-refractivity contribution in [2.24, 2.45) is 11.5 Å². The van der Waals surface area contributed by atoms with Crippen LogP contribution < -0.4 is 11.5 Å². The third kappa shape index (κ3) is 3.06. The van der Waals surface area contributed by atoms with Crippen molar-refractivity contribution < 1.29 is 9.18 Å². The molecule has 5 N–H and O–H groups in total. The van der Waals surface area contributed by atoms with Crippen LogP contribution in [0.4, 0.5) is 4.39 Å². The summed E-state index contributed by atoms with van der Waals surface area (Å²) in [6.45, 7) is 5.66. The van der Waals surface area contributed by atoms with Gasteiger partial charge in [-0.3, -0.25) is 15.1 Å². The number of amides is 1. The van der Waals surface area contributed by atoms with Gasteiger partial charge in [0.1, 0.15) is 11.7 Å². The molecular formula is C18H25FN4O. The van der Waals surface area contributed by atoms with Crippen molar-refractivity contribution in [3.8, 4) is 0 Å². The largest absolute Gasteiger partial charge is 0.402 e. The SMILES string of the molecule is CCC(CC)N1C(=N)/C(=C(/C)N)C(c2ccc(F)cc2)C(N)C1=O. The Kier molecular flexibility index (Phi) is 5.39. The number of allylic oxidation sites excluding steroid dienone is 1. The molecular weight excluding hydrogens is 307 g/mol. The zero-order valence-corrected chi connectivity index (χ0v) is 14.3. The molecule has 2 unspecified atom stereocenters. The van der Waals surface area contributed by atoms with Gasteiger partial charge >= 0.3 is 0 Å². The highest BCUT2D eigenvalue weighted by Crippen LogP contribution is 2.36. The zero-order chi connectivity index (χ0) is 18.0. The highest BCUT2D eigenvalue weighted by Gasteiger charge is 2.44. The first-order valence-electron chi connectivity index (χ1n) is 8.22. The number of amidine groups is 1. The highest BCUT2D eigenvalue weighted by atomic mass is 19.1. The number of benzene rings is 1. The van der Waals surface area contributed by atoms with E-state index in [9.17, 15) is 9.18 Å². The first kappa shape index (κ1) is 18.1. The van der Waals surface area contributed by atoms with Gasteiger partial charge in [-0.2, -0.15) is 0 Å². The molecule has 1 saturated heterocycles. The number of halogens is 1. The van der Waals surface area contributed by atoms with E-state index >= 15 is 0 Å². The minimum atomic E-state index is -0.848. The Bertz CT molecular complexity index is 660. The van der Waals surface area contributed by atoms with Crippen molar-refractivity contribution in [1.29, 1.82) is 5.41 Å². The summed E-state index contributed by atoms with van der Waals surface area (Å²) in [5.74, 6) is -1.09. The van der Waals surface area contributed by atoms with Crippen LogP contribution >= 0.6 is 0 Å². The fraction of sp³-hybridized carbons (Fsp3) is 0.444. The Labute approximate surface area is 142 Å². The van der Waals surface area contributed by atoms with Crippen LogP contribution in [0.15, 0.2) is 35.5 Å². The molecule has 1 aliphatic rings. The first-order chi connectivity index (χ1) is 11.3. The van der Waals surface area contributed by atoms with E-state index in [0.29, 0.717) is 16.8 Å². The van der Waals surface area contributed by atoms with E-state index in [4.69, 9.17) is 16.9 Å². The summed E-state index contributed by atoms with van der Waals surface area (Å²) in [5, 5.41) is 8.55. The number of likely N-dealkylation sites (tertiary alicyclic amines) is 1.